The number of thiophene rings is 1. The molecule has 3 nitrogen and oxygen atoms in total. The summed E-state index contributed by atoms with van der Waals surface area (Å²) in [7, 11) is 0. The zero-order valence-electron chi connectivity index (χ0n) is 16.8. The molecule has 3 rings (SSSR count). The van der Waals surface area contributed by atoms with Crippen molar-refractivity contribution >= 4 is 28.9 Å². The molecule has 28 heavy (non-hydrogen) atoms. The summed E-state index contributed by atoms with van der Waals surface area (Å²) in [6, 6.07) is 3.64. The molecule has 0 amide bonds. The van der Waals surface area contributed by atoms with Gasteiger partial charge in [-0.2, -0.15) is 0 Å². The van der Waals surface area contributed by atoms with Crippen molar-refractivity contribution in [2.45, 2.75) is 82.6 Å². The van der Waals surface area contributed by atoms with E-state index in [1.807, 2.05) is 6.07 Å². The van der Waals surface area contributed by atoms with E-state index in [0.717, 1.165) is 62.7 Å². The van der Waals surface area contributed by atoms with Gasteiger partial charge in [0.15, 0.2) is 0 Å². The van der Waals surface area contributed by atoms with Crippen LogP contribution in [0.4, 0.5) is 0 Å². The van der Waals surface area contributed by atoms with E-state index in [2.05, 4.69) is 19.1 Å². The summed E-state index contributed by atoms with van der Waals surface area (Å²) >= 11 is 7.99. The Bertz CT molecular complexity index is 674. The van der Waals surface area contributed by atoms with Gasteiger partial charge in [-0.1, -0.05) is 25.5 Å². The zero-order valence-corrected chi connectivity index (χ0v) is 18.4. The number of hydrogen-bond donors (Lipinski definition) is 2. The molecule has 0 spiro atoms. The summed E-state index contributed by atoms with van der Waals surface area (Å²) in [6.07, 6.45) is 15.0. The quantitative estimate of drug-likeness (QED) is 0.342. The third-order valence-corrected chi connectivity index (χ3v) is 8.77. The van der Waals surface area contributed by atoms with Crippen LogP contribution in [0.3, 0.4) is 0 Å². The van der Waals surface area contributed by atoms with Crippen molar-refractivity contribution < 1.29 is 15.0 Å². The normalized spacial score (nSPS) is 27.8. The fraction of sp³-hybridized carbons (Fsp3) is 0.696. The van der Waals surface area contributed by atoms with Crippen molar-refractivity contribution in [3.8, 4) is 0 Å². The predicted octanol–water partition coefficient (Wildman–Crippen LogP) is 6.29. The molecule has 1 aromatic heterocycles. The SMILES string of the molecule is CCC1(C(O)CC=C[C@@H]2[C@@H](CCCc3ccc(C(=O)O)s3)CC[C@@H]2Cl)CCC1. The molecule has 1 heterocycles. The number of rotatable bonds is 10. The van der Waals surface area contributed by atoms with Gasteiger partial charge in [0, 0.05) is 10.3 Å². The van der Waals surface area contributed by atoms with Crippen LogP contribution in [0, 0.1) is 17.3 Å². The van der Waals surface area contributed by atoms with E-state index in [1.54, 1.807) is 6.07 Å². The number of aliphatic hydroxyl groups excluding tert-OH is 1. The van der Waals surface area contributed by atoms with Gasteiger partial charge < -0.3 is 10.2 Å². The van der Waals surface area contributed by atoms with E-state index in [9.17, 15) is 9.90 Å². The summed E-state index contributed by atoms with van der Waals surface area (Å²) < 4.78 is 0. The first-order valence-electron chi connectivity index (χ1n) is 10.8. The lowest BCUT2D eigenvalue weighted by Gasteiger charge is -2.45. The van der Waals surface area contributed by atoms with Gasteiger partial charge in [-0.15, -0.1) is 22.9 Å². The Morgan fingerprint density at radius 2 is 2.18 bits per heavy atom. The highest BCUT2D eigenvalue weighted by Gasteiger charge is 2.41. The molecule has 2 saturated carbocycles. The maximum Gasteiger partial charge on any atom is 0.345 e. The third kappa shape index (κ3) is 5.01. The minimum absolute atomic E-state index is 0.162. The predicted molar refractivity (Wildman–Crippen MR) is 116 cm³/mol. The van der Waals surface area contributed by atoms with Crippen molar-refractivity contribution in [1.29, 1.82) is 0 Å². The van der Waals surface area contributed by atoms with E-state index in [1.165, 1.54) is 17.8 Å². The second kappa shape index (κ2) is 9.77. The molecule has 2 aliphatic rings. The van der Waals surface area contributed by atoms with Crippen LogP contribution >= 0.6 is 22.9 Å². The Balaban J connectivity index is 1.47. The molecular weight excluding hydrogens is 392 g/mol. The Morgan fingerprint density at radius 1 is 1.39 bits per heavy atom. The molecule has 0 aromatic carbocycles. The van der Waals surface area contributed by atoms with Gasteiger partial charge >= 0.3 is 5.97 Å². The van der Waals surface area contributed by atoms with E-state index in [0.29, 0.717) is 16.7 Å². The second-order valence-electron chi connectivity index (χ2n) is 8.64. The highest BCUT2D eigenvalue weighted by Crippen LogP contribution is 2.48. The van der Waals surface area contributed by atoms with Crippen molar-refractivity contribution in [3.05, 3.63) is 34.0 Å². The molecule has 4 atom stereocenters. The van der Waals surface area contributed by atoms with Gasteiger partial charge in [0.05, 0.1) is 6.10 Å². The fourth-order valence-electron chi connectivity index (χ4n) is 5.00. The molecule has 2 aliphatic carbocycles. The summed E-state index contributed by atoms with van der Waals surface area (Å²) in [6.45, 7) is 2.20. The van der Waals surface area contributed by atoms with E-state index >= 15 is 0 Å². The number of alkyl halides is 1. The lowest BCUT2D eigenvalue weighted by atomic mass is 9.63. The molecular formula is C23H33ClO3S. The van der Waals surface area contributed by atoms with Crippen LogP contribution in [0.1, 0.15) is 79.3 Å². The first-order valence-corrected chi connectivity index (χ1v) is 12.0. The molecule has 1 unspecified atom stereocenters. The first-order chi connectivity index (χ1) is 13.4. The van der Waals surface area contributed by atoms with Crippen LogP contribution in [0.5, 0.6) is 0 Å². The Morgan fingerprint density at radius 3 is 2.79 bits per heavy atom. The highest BCUT2D eigenvalue weighted by molar-refractivity contribution is 7.13. The fourth-order valence-corrected chi connectivity index (χ4v) is 6.31. The summed E-state index contributed by atoms with van der Waals surface area (Å²) in [4.78, 5) is 12.6. The van der Waals surface area contributed by atoms with Crippen molar-refractivity contribution in [2.75, 3.05) is 0 Å². The van der Waals surface area contributed by atoms with Crippen LogP contribution in [0.25, 0.3) is 0 Å². The van der Waals surface area contributed by atoms with E-state index < -0.39 is 5.97 Å². The number of carbonyl (C=O) groups is 1. The highest BCUT2D eigenvalue weighted by atomic mass is 35.5. The molecule has 2 fully saturated rings. The maximum atomic E-state index is 11.0. The largest absolute Gasteiger partial charge is 0.477 e. The summed E-state index contributed by atoms with van der Waals surface area (Å²) in [5.74, 6) is 0.153. The molecule has 5 heteroatoms. The molecule has 0 saturated heterocycles. The average molecular weight is 425 g/mol. The van der Waals surface area contributed by atoms with Gasteiger partial charge in [0.2, 0.25) is 0 Å². The van der Waals surface area contributed by atoms with E-state index in [4.69, 9.17) is 16.7 Å². The zero-order chi connectivity index (χ0) is 20.1. The molecule has 156 valence electrons. The number of carboxylic acids is 1. The number of aliphatic hydroxyl groups is 1. The number of allylic oxidation sites excluding steroid dienone is 1. The lowest BCUT2D eigenvalue weighted by molar-refractivity contribution is -0.0355. The molecule has 0 radical (unpaired) electrons. The monoisotopic (exact) mass is 424 g/mol. The smallest absolute Gasteiger partial charge is 0.345 e. The molecule has 1 aromatic rings. The van der Waals surface area contributed by atoms with Crippen molar-refractivity contribution in [3.63, 3.8) is 0 Å². The Hall–Kier alpha value is -0.840. The van der Waals surface area contributed by atoms with Gasteiger partial charge in [-0.05, 0) is 87.2 Å². The van der Waals surface area contributed by atoms with Crippen LogP contribution in [0.2, 0.25) is 0 Å². The molecule has 0 aliphatic heterocycles. The Labute approximate surface area is 177 Å². The van der Waals surface area contributed by atoms with Crippen LogP contribution in [0.15, 0.2) is 24.3 Å². The van der Waals surface area contributed by atoms with Crippen molar-refractivity contribution in [2.24, 2.45) is 17.3 Å². The number of halogens is 1. The molecule has 0 bridgehead atoms. The molecule has 2 N–H and O–H groups in total. The van der Waals surface area contributed by atoms with Gasteiger partial charge in [0.1, 0.15) is 4.88 Å². The van der Waals surface area contributed by atoms with Crippen LogP contribution < -0.4 is 0 Å². The number of aromatic carboxylic acids is 1. The number of hydrogen-bond acceptors (Lipinski definition) is 3. The summed E-state index contributed by atoms with van der Waals surface area (Å²) in [5, 5.41) is 19.8. The topological polar surface area (TPSA) is 57.5 Å². The third-order valence-electron chi connectivity index (χ3n) is 7.12. The second-order valence-corrected chi connectivity index (χ2v) is 10.4. The Kier molecular flexibility index (Phi) is 7.63. The average Bonchev–Trinajstić information content (AvgIpc) is 3.23. The van der Waals surface area contributed by atoms with Crippen LogP contribution in [-0.2, 0) is 6.42 Å². The number of carboxylic acid groups (broad SMARTS) is 1. The van der Waals surface area contributed by atoms with Crippen molar-refractivity contribution in [1.82, 2.24) is 0 Å². The van der Waals surface area contributed by atoms with Gasteiger partial charge in [0.25, 0.3) is 0 Å². The van der Waals surface area contributed by atoms with Gasteiger partial charge in [-0.3, -0.25) is 0 Å². The minimum atomic E-state index is -0.837. The first kappa shape index (κ1) is 21.9. The standard InChI is InChI=1S/C23H33ClO3S/c1-2-23(14-5-15-23)21(25)9-4-8-18-16(10-12-19(18)24)6-3-7-17-11-13-20(28-17)22(26)27/h4,8,11,13,16,18-19,21,25H,2-3,5-7,9-10,12,14-15H2,1H3,(H,26,27)/t16-,18+,19-,21?/m0/s1. The minimum Gasteiger partial charge on any atom is -0.477 e. The number of aryl methyl sites for hydroxylation is 1. The van der Waals surface area contributed by atoms with Crippen LogP contribution in [-0.4, -0.2) is 27.7 Å². The lowest BCUT2D eigenvalue weighted by Crippen LogP contribution is -2.40. The van der Waals surface area contributed by atoms with E-state index in [-0.39, 0.29) is 16.9 Å². The van der Waals surface area contributed by atoms with Gasteiger partial charge in [-0.25, -0.2) is 4.79 Å². The maximum absolute atomic E-state index is 11.0. The summed E-state index contributed by atoms with van der Waals surface area (Å²) in [5.41, 5.74) is 0.162.